The minimum atomic E-state index is -1.07. The summed E-state index contributed by atoms with van der Waals surface area (Å²) in [6.45, 7) is 4.97. The second kappa shape index (κ2) is 10.2. The smallest absolute Gasteiger partial charge is 0.325 e. The van der Waals surface area contributed by atoms with Crippen LogP contribution in [0.5, 0.6) is 11.5 Å². The first kappa shape index (κ1) is 23.6. The predicted molar refractivity (Wildman–Crippen MR) is 127 cm³/mol. The maximum absolute atomic E-state index is 13.3. The highest BCUT2D eigenvalue weighted by molar-refractivity contribution is 6.09. The van der Waals surface area contributed by atoms with E-state index in [1.54, 1.807) is 0 Å². The van der Waals surface area contributed by atoms with Crippen LogP contribution in [0.15, 0.2) is 42.5 Å². The lowest BCUT2D eigenvalue weighted by atomic mass is 9.76. The lowest BCUT2D eigenvalue weighted by Crippen LogP contribution is -2.47. The molecule has 0 aromatic heterocycles. The molecule has 1 aliphatic carbocycles. The van der Waals surface area contributed by atoms with Gasteiger partial charge < -0.3 is 20.1 Å². The molecule has 34 heavy (non-hydrogen) atoms. The zero-order valence-electron chi connectivity index (χ0n) is 19.7. The molecule has 0 unspecified atom stereocenters. The molecule has 2 aliphatic rings. The van der Waals surface area contributed by atoms with E-state index in [-0.39, 0.29) is 18.4 Å². The molecule has 4 rings (SSSR count). The van der Waals surface area contributed by atoms with Gasteiger partial charge in [-0.1, -0.05) is 30.3 Å². The maximum Gasteiger partial charge on any atom is 0.325 e. The van der Waals surface area contributed by atoms with Crippen LogP contribution in [0.3, 0.4) is 0 Å². The molecule has 0 saturated carbocycles. The van der Waals surface area contributed by atoms with Gasteiger partial charge >= 0.3 is 6.03 Å². The van der Waals surface area contributed by atoms with Gasteiger partial charge in [-0.15, -0.1) is 0 Å². The van der Waals surface area contributed by atoms with Gasteiger partial charge in [0.2, 0.25) is 5.91 Å². The molecule has 1 spiro atoms. The van der Waals surface area contributed by atoms with Gasteiger partial charge in [-0.25, -0.2) is 4.79 Å². The number of carbonyl (C=O) groups is 3. The molecule has 1 heterocycles. The number of amides is 4. The SMILES string of the molecule is CCOc1ccc(CCNC(=O)CN2C(=O)N[C@@]3(CCCc4ccccc43)C2=O)cc1OCC. The Labute approximate surface area is 199 Å². The highest BCUT2D eigenvalue weighted by Crippen LogP contribution is 2.39. The van der Waals surface area contributed by atoms with Crippen molar-refractivity contribution in [1.29, 1.82) is 0 Å². The molecule has 2 aromatic rings. The van der Waals surface area contributed by atoms with Gasteiger partial charge in [0, 0.05) is 6.54 Å². The minimum absolute atomic E-state index is 0.304. The van der Waals surface area contributed by atoms with E-state index in [0.717, 1.165) is 34.4 Å². The Morgan fingerprint density at radius 1 is 1.09 bits per heavy atom. The van der Waals surface area contributed by atoms with Crippen molar-refractivity contribution in [1.82, 2.24) is 15.5 Å². The summed E-state index contributed by atoms with van der Waals surface area (Å²) in [6.07, 6.45) is 2.79. The van der Waals surface area contributed by atoms with Crippen LogP contribution < -0.4 is 20.1 Å². The third-order valence-electron chi connectivity index (χ3n) is 6.30. The normalized spacial score (nSPS) is 19.1. The van der Waals surface area contributed by atoms with Gasteiger partial charge in [0.1, 0.15) is 12.1 Å². The molecule has 2 N–H and O–H groups in total. The van der Waals surface area contributed by atoms with Crippen molar-refractivity contribution in [3.05, 3.63) is 59.2 Å². The summed E-state index contributed by atoms with van der Waals surface area (Å²) in [6, 6.07) is 12.9. The van der Waals surface area contributed by atoms with Crippen LogP contribution in [0.4, 0.5) is 4.79 Å². The number of ether oxygens (including phenoxy) is 2. The molecule has 0 radical (unpaired) electrons. The number of urea groups is 1. The molecule has 8 heteroatoms. The summed E-state index contributed by atoms with van der Waals surface area (Å²) in [5.41, 5.74) is 1.82. The molecule has 1 saturated heterocycles. The fourth-order valence-electron chi connectivity index (χ4n) is 4.75. The Hall–Kier alpha value is -3.55. The molecule has 180 valence electrons. The van der Waals surface area contributed by atoms with Crippen molar-refractivity contribution in [3.63, 3.8) is 0 Å². The van der Waals surface area contributed by atoms with Crippen molar-refractivity contribution in [3.8, 4) is 11.5 Å². The van der Waals surface area contributed by atoms with Crippen molar-refractivity contribution < 1.29 is 23.9 Å². The second-order valence-electron chi connectivity index (χ2n) is 8.48. The molecule has 0 bridgehead atoms. The van der Waals surface area contributed by atoms with Gasteiger partial charge in [-0.05, 0) is 68.4 Å². The van der Waals surface area contributed by atoms with E-state index in [1.165, 1.54) is 0 Å². The number of carbonyl (C=O) groups excluding carboxylic acids is 3. The monoisotopic (exact) mass is 465 g/mol. The van der Waals surface area contributed by atoms with Crippen LogP contribution in [-0.2, 0) is 28.0 Å². The molecule has 4 amide bonds. The fourth-order valence-corrected chi connectivity index (χ4v) is 4.75. The maximum atomic E-state index is 13.3. The summed E-state index contributed by atoms with van der Waals surface area (Å²) in [4.78, 5) is 39.6. The number of rotatable bonds is 9. The van der Waals surface area contributed by atoms with Crippen LogP contribution in [0.1, 0.15) is 43.4 Å². The topological polar surface area (TPSA) is 97.0 Å². The molecule has 1 fully saturated rings. The predicted octanol–water partition coefficient (Wildman–Crippen LogP) is 2.93. The first-order valence-electron chi connectivity index (χ1n) is 11.9. The van der Waals surface area contributed by atoms with Gasteiger partial charge in [-0.3, -0.25) is 14.5 Å². The lowest BCUT2D eigenvalue weighted by molar-refractivity contribution is -0.135. The average Bonchev–Trinajstić information content (AvgIpc) is 3.06. The first-order chi connectivity index (χ1) is 16.5. The largest absolute Gasteiger partial charge is 0.490 e. The average molecular weight is 466 g/mol. The summed E-state index contributed by atoms with van der Waals surface area (Å²) in [5.74, 6) is 0.632. The number of hydrogen-bond acceptors (Lipinski definition) is 5. The van der Waals surface area contributed by atoms with Gasteiger partial charge in [0.15, 0.2) is 11.5 Å². The zero-order valence-corrected chi connectivity index (χ0v) is 19.7. The van der Waals surface area contributed by atoms with E-state index in [9.17, 15) is 14.4 Å². The van der Waals surface area contributed by atoms with E-state index in [1.807, 2.05) is 56.3 Å². The van der Waals surface area contributed by atoms with Gasteiger partial charge in [0.05, 0.1) is 13.2 Å². The van der Waals surface area contributed by atoms with E-state index in [2.05, 4.69) is 10.6 Å². The van der Waals surface area contributed by atoms with Crippen molar-refractivity contribution in [2.75, 3.05) is 26.3 Å². The third-order valence-corrected chi connectivity index (χ3v) is 6.30. The summed E-state index contributed by atoms with van der Waals surface area (Å²) in [5, 5.41) is 5.69. The van der Waals surface area contributed by atoms with Crippen LogP contribution in [0.25, 0.3) is 0 Å². The number of nitrogens with one attached hydrogen (secondary N) is 2. The van der Waals surface area contributed by atoms with Gasteiger partial charge in [0.25, 0.3) is 5.91 Å². The number of benzene rings is 2. The number of hydrogen-bond donors (Lipinski definition) is 2. The van der Waals surface area contributed by atoms with Crippen molar-refractivity contribution in [2.24, 2.45) is 0 Å². The van der Waals surface area contributed by atoms with Crippen LogP contribution in [-0.4, -0.2) is 49.0 Å². The Bertz CT molecular complexity index is 1090. The third kappa shape index (κ3) is 4.58. The van der Waals surface area contributed by atoms with Crippen molar-refractivity contribution >= 4 is 17.8 Å². The molecule has 1 aliphatic heterocycles. The number of imide groups is 1. The summed E-state index contributed by atoms with van der Waals surface area (Å²) in [7, 11) is 0. The first-order valence-corrected chi connectivity index (χ1v) is 11.9. The van der Waals surface area contributed by atoms with Gasteiger partial charge in [-0.2, -0.15) is 0 Å². The Balaban J connectivity index is 1.36. The Morgan fingerprint density at radius 3 is 2.65 bits per heavy atom. The molecular formula is C26H31N3O5. The van der Waals surface area contributed by atoms with E-state index in [4.69, 9.17) is 9.47 Å². The van der Waals surface area contributed by atoms with Crippen molar-refractivity contribution in [2.45, 2.75) is 45.1 Å². The number of nitrogens with zero attached hydrogens (tertiary/aromatic N) is 1. The highest BCUT2D eigenvalue weighted by atomic mass is 16.5. The van der Waals surface area contributed by atoms with E-state index < -0.39 is 11.6 Å². The molecule has 2 aromatic carbocycles. The highest BCUT2D eigenvalue weighted by Gasteiger charge is 2.54. The van der Waals surface area contributed by atoms with E-state index >= 15 is 0 Å². The molecule has 8 nitrogen and oxygen atoms in total. The molecule has 1 atom stereocenters. The summed E-state index contributed by atoms with van der Waals surface area (Å²) < 4.78 is 11.2. The summed E-state index contributed by atoms with van der Waals surface area (Å²) >= 11 is 0. The van der Waals surface area contributed by atoms with Crippen LogP contribution >= 0.6 is 0 Å². The Morgan fingerprint density at radius 2 is 1.85 bits per heavy atom. The van der Waals surface area contributed by atoms with Crippen LogP contribution in [0.2, 0.25) is 0 Å². The standard InChI is InChI=1S/C26H31N3O5/c1-3-33-21-12-11-18(16-22(21)34-4-2)13-15-27-23(30)17-29-24(31)26(28-25(29)32)14-7-9-19-8-5-6-10-20(19)26/h5-6,8,10-12,16H,3-4,7,9,13-15,17H2,1-2H3,(H,27,30)(H,28,32)/t26-/m1/s1. The van der Waals surface area contributed by atoms with E-state index in [0.29, 0.717) is 44.1 Å². The second-order valence-corrected chi connectivity index (χ2v) is 8.48. The quantitative estimate of drug-likeness (QED) is 0.555. The lowest BCUT2D eigenvalue weighted by Gasteiger charge is -2.33. The number of fused-ring (bicyclic) bond motifs is 2. The number of aryl methyl sites for hydroxylation is 1. The fraction of sp³-hybridized carbons (Fsp3) is 0.423. The molecular weight excluding hydrogens is 434 g/mol. The zero-order chi connectivity index (χ0) is 24.1. The Kier molecular flexibility index (Phi) is 7.05. The van der Waals surface area contributed by atoms with Crippen LogP contribution in [0, 0.1) is 0 Å². The minimum Gasteiger partial charge on any atom is -0.490 e.